The normalized spacial score (nSPS) is 14.5. The molecule has 380 valence electrons. The second kappa shape index (κ2) is 22.7. The summed E-state index contributed by atoms with van der Waals surface area (Å²) < 4.78 is 94.4. The van der Waals surface area contributed by atoms with Crippen LogP contribution in [0.4, 0.5) is 37.7 Å². The molecule has 6 heterocycles. The Kier molecular flexibility index (Phi) is 16.3. The van der Waals surface area contributed by atoms with Gasteiger partial charge in [-0.15, -0.1) is 0 Å². The molecule has 0 atom stereocenters. The molecule has 2 saturated heterocycles. The Balaban J connectivity index is 0.000000161. The van der Waals surface area contributed by atoms with Gasteiger partial charge in [-0.3, -0.25) is 14.6 Å². The van der Waals surface area contributed by atoms with Gasteiger partial charge in [0.05, 0.1) is 76.9 Å². The lowest BCUT2D eigenvalue weighted by Crippen LogP contribution is -2.36. The monoisotopic (exact) mass is 1050 g/mol. The average molecular weight is 1050 g/mol. The molecule has 8 aromatic rings. The van der Waals surface area contributed by atoms with Crippen molar-refractivity contribution in [3.63, 3.8) is 0 Å². The Morgan fingerprint density at radius 2 is 1.07 bits per heavy atom. The lowest BCUT2D eigenvalue weighted by atomic mass is 10.0. The third-order valence-electron chi connectivity index (χ3n) is 11.7. The molecule has 0 aliphatic carbocycles. The van der Waals surface area contributed by atoms with E-state index in [9.17, 15) is 35.9 Å². The second-order valence-electron chi connectivity index (χ2n) is 16.6. The molecule has 0 unspecified atom stereocenters. The van der Waals surface area contributed by atoms with E-state index < -0.39 is 35.4 Å². The summed E-state index contributed by atoms with van der Waals surface area (Å²) in [5.41, 5.74) is 9.23. The van der Waals surface area contributed by atoms with Crippen molar-refractivity contribution >= 4 is 57.7 Å². The SMILES string of the molecule is Nc1ccc(Cl)c(-c2ccnc3ccnn23)c1.O=C(Nc1ccc(Cl)c(-c2ccnc3ccnn23)c1)c1ccc(CN2CCOCC2)c(C(F)(F)F)c1.O=C(O)c1ccc(CN2CCOCC2)c(C(F)(F)F)c1. The minimum absolute atomic E-state index is 0.0874. The van der Waals surface area contributed by atoms with E-state index in [0.717, 1.165) is 23.0 Å². The van der Waals surface area contributed by atoms with Gasteiger partial charge in [-0.25, -0.2) is 23.8 Å². The van der Waals surface area contributed by atoms with Gasteiger partial charge < -0.3 is 25.6 Å². The number of benzene rings is 4. The quantitative estimate of drug-likeness (QED) is 0.0922. The zero-order chi connectivity index (χ0) is 51.9. The van der Waals surface area contributed by atoms with E-state index in [1.54, 1.807) is 76.3 Å². The first kappa shape index (κ1) is 52.2. The van der Waals surface area contributed by atoms with Crippen LogP contribution in [-0.2, 0) is 34.9 Å². The summed E-state index contributed by atoms with van der Waals surface area (Å²) in [4.78, 5) is 35.9. The highest BCUT2D eigenvalue weighted by Gasteiger charge is 2.36. The molecule has 0 saturated carbocycles. The molecule has 2 aliphatic heterocycles. The van der Waals surface area contributed by atoms with Gasteiger partial charge in [-0.2, -0.15) is 36.5 Å². The Morgan fingerprint density at radius 3 is 1.56 bits per heavy atom. The molecule has 15 nitrogen and oxygen atoms in total. The predicted molar refractivity (Wildman–Crippen MR) is 261 cm³/mol. The molecule has 4 N–H and O–H groups in total. The van der Waals surface area contributed by atoms with Crippen LogP contribution in [0.25, 0.3) is 33.8 Å². The van der Waals surface area contributed by atoms with Crippen molar-refractivity contribution in [1.82, 2.24) is 39.0 Å². The minimum Gasteiger partial charge on any atom is -0.478 e. The number of anilines is 2. The summed E-state index contributed by atoms with van der Waals surface area (Å²) >= 11 is 12.6. The summed E-state index contributed by atoms with van der Waals surface area (Å²) in [6, 6.07) is 24.2. The molecule has 10 rings (SSSR count). The predicted octanol–water partition coefficient (Wildman–Crippen LogP) is 10.0. The van der Waals surface area contributed by atoms with Crippen LogP contribution in [0.5, 0.6) is 0 Å². The molecule has 0 radical (unpaired) electrons. The fraction of sp³-hybridized carbons (Fsp3) is 0.240. The minimum atomic E-state index is -4.60. The first-order valence-electron chi connectivity index (χ1n) is 22.4. The fourth-order valence-electron chi connectivity index (χ4n) is 8.05. The van der Waals surface area contributed by atoms with Crippen molar-refractivity contribution < 1.29 is 50.5 Å². The zero-order valence-corrected chi connectivity index (χ0v) is 39.9. The standard InChI is InChI=1S/C25H21ClF3N5O2.C13H14F3NO3.C12H9ClN4/c26-21-4-3-18(14-19(21)22-5-7-30-23-6-8-31-34(22)23)32-24(35)16-1-2-17(20(13-16)25(27,28)29)15-33-9-11-36-12-10-33;14-13(15,16)11-7-9(12(18)19)1-2-10(11)8-17-3-5-20-6-4-17;13-10-2-1-8(14)7-9(10)11-3-5-15-12-4-6-16-17(11)12/h1-8,13-14H,9-12,15H2,(H,32,35);1-2,7H,3-6,8H2,(H,18,19);1-7H,14H2. The number of aromatic carboxylic acids is 1. The fourth-order valence-corrected chi connectivity index (χ4v) is 8.48. The lowest BCUT2D eigenvalue weighted by molar-refractivity contribution is -0.139. The van der Waals surface area contributed by atoms with Crippen LogP contribution < -0.4 is 11.1 Å². The Hall–Kier alpha value is -7.14. The van der Waals surface area contributed by atoms with E-state index >= 15 is 0 Å². The van der Waals surface area contributed by atoms with Gasteiger partial charge in [-0.05, 0) is 83.9 Å². The average Bonchev–Trinajstić information content (AvgIpc) is 4.07. The smallest absolute Gasteiger partial charge is 0.416 e. The number of nitrogens with one attached hydrogen (secondary N) is 1. The Labute approximate surface area is 422 Å². The second-order valence-corrected chi connectivity index (χ2v) is 17.4. The Morgan fingerprint density at radius 1 is 0.603 bits per heavy atom. The summed E-state index contributed by atoms with van der Waals surface area (Å²) in [6.45, 7) is 4.47. The summed E-state index contributed by atoms with van der Waals surface area (Å²) in [5, 5.41) is 21.0. The highest BCUT2D eigenvalue weighted by atomic mass is 35.5. The van der Waals surface area contributed by atoms with Crippen LogP contribution in [0.15, 0.2) is 122 Å². The van der Waals surface area contributed by atoms with Gasteiger partial charge in [0.15, 0.2) is 11.3 Å². The summed E-state index contributed by atoms with van der Waals surface area (Å²) in [7, 11) is 0. The van der Waals surface area contributed by atoms with E-state index in [2.05, 4.69) is 25.5 Å². The number of rotatable bonds is 9. The van der Waals surface area contributed by atoms with Crippen LogP contribution in [-0.4, -0.2) is 109 Å². The largest absolute Gasteiger partial charge is 0.478 e. The van der Waals surface area contributed by atoms with Crippen molar-refractivity contribution in [3.8, 4) is 22.5 Å². The molecule has 2 fully saturated rings. The highest BCUT2D eigenvalue weighted by Crippen LogP contribution is 2.36. The zero-order valence-electron chi connectivity index (χ0n) is 38.4. The maximum Gasteiger partial charge on any atom is 0.416 e. The molecule has 0 spiro atoms. The molecule has 4 aromatic carbocycles. The van der Waals surface area contributed by atoms with Gasteiger partial charge in [-0.1, -0.05) is 35.3 Å². The van der Waals surface area contributed by atoms with Gasteiger partial charge in [0.2, 0.25) is 0 Å². The van der Waals surface area contributed by atoms with Crippen molar-refractivity contribution in [2.45, 2.75) is 25.4 Å². The summed E-state index contributed by atoms with van der Waals surface area (Å²) in [5.74, 6) is -2.03. The van der Waals surface area contributed by atoms with Crippen LogP contribution in [0.2, 0.25) is 10.0 Å². The van der Waals surface area contributed by atoms with Gasteiger partial charge in [0, 0.05) is 91.9 Å². The molecule has 2 aliphatic rings. The summed E-state index contributed by atoms with van der Waals surface area (Å²) in [6.07, 6.45) is -2.51. The number of carboxylic acid groups (broad SMARTS) is 1. The van der Waals surface area contributed by atoms with Crippen LogP contribution in [0.3, 0.4) is 0 Å². The van der Waals surface area contributed by atoms with Gasteiger partial charge >= 0.3 is 18.3 Å². The first-order chi connectivity index (χ1) is 34.9. The van der Waals surface area contributed by atoms with E-state index in [1.807, 2.05) is 28.0 Å². The number of nitrogens with zero attached hydrogens (tertiary/aromatic N) is 8. The number of fused-ring (bicyclic) bond motifs is 2. The number of nitrogens with two attached hydrogens (primary N) is 1. The number of carboxylic acids is 1. The van der Waals surface area contributed by atoms with Crippen molar-refractivity contribution in [3.05, 3.63) is 165 Å². The van der Waals surface area contributed by atoms with Crippen LogP contribution in [0.1, 0.15) is 43.0 Å². The van der Waals surface area contributed by atoms with Gasteiger partial charge in [0.1, 0.15) is 0 Å². The number of carbonyl (C=O) groups excluding carboxylic acids is 1. The molecule has 23 heteroatoms. The van der Waals surface area contributed by atoms with E-state index in [4.69, 9.17) is 43.5 Å². The number of hydrogen-bond acceptors (Lipinski definition) is 11. The number of halogens is 8. The van der Waals surface area contributed by atoms with E-state index in [0.29, 0.717) is 97.0 Å². The maximum atomic E-state index is 13.9. The number of nitrogen functional groups attached to an aromatic ring is 1. The number of alkyl halides is 6. The number of amides is 1. The molecule has 1 amide bonds. The first-order valence-corrected chi connectivity index (χ1v) is 23.2. The third-order valence-corrected chi connectivity index (χ3v) is 12.3. The maximum absolute atomic E-state index is 13.9. The Bertz CT molecular complexity index is 3250. The molecule has 0 bridgehead atoms. The van der Waals surface area contributed by atoms with Crippen LogP contribution >= 0.6 is 23.2 Å². The van der Waals surface area contributed by atoms with Gasteiger partial charge in [0.25, 0.3) is 5.91 Å². The number of carbonyl (C=O) groups is 2. The van der Waals surface area contributed by atoms with E-state index in [1.165, 1.54) is 24.3 Å². The third kappa shape index (κ3) is 12.9. The number of aromatic nitrogens is 6. The molecule has 73 heavy (non-hydrogen) atoms. The number of morpholine rings is 2. The number of hydrogen-bond donors (Lipinski definition) is 3. The topological polar surface area (TPSA) is 178 Å². The number of ether oxygens (including phenoxy) is 2. The molecular formula is C50H44Cl2F6N10O5. The molecule has 4 aromatic heterocycles. The van der Waals surface area contributed by atoms with Crippen molar-refractivity contribution in [2.75, 3.05) is 63.7 Å². The lowest BCUT2D eigenvalue weighted by Gasteiger charge is -2.27. The van der Waals surface area contributed by atoms with Crippen molar-refractivity contribution in [2.24, 2.45) is 0 Å². The van der Waals surface area contributed by atoms with E-state index in [-0.39, 0.29) is 35.3 Å². The van der Waals surface area contributed by atoms with Crippen molar-refractivity contribution in [1.29, 1.82) is 0 Å². The molecular weight excluding hydrogens is 1010 g/mol. The highest BCUT2D eigenvalue weighted by molar-refractivity contribution is 6.33. The van der Waals surface area contributed by atoms with Crippen LogP contribution in [0, 0.1) is 0 Å².